The Morgan fingerprint density at radius 1 is 0.950 bits per heavy atom. The average molecular weight is 841 g/mol. The van der Waals surface area contributed by atoms with Gasteiger partial charge < -0.3 is 33.8 Å². The molecule has 3 aromatic carbocycles. The summed E-state index contributed by atoms with van der Waals surface area (Å²) in [7, 11) is 0.462. The second-order valence-electron chi connectivity index (χ2n) is 17.5. The van der Waals surface area contributed by atoms with Gasteiger partial charge in [0.15, 0.2) is 37.7 Å². The number of alkyl halides is 1. The average Bonchev–Trinajstić information content (AvgIpc) is 3.89. The van der Waals surface area contributed by atoms with Gasteiger partial charge in [-0.3, -0.25) is 14.7 Å². The number of nitrogens with zero attached hydrogens (tertiary/aromatic N) is 4. The molecule has 0 unspecified atom stereocenters. The number of hydrogen-bond donors (Lipinski definition) is 3. The third-order valence-corrected chi connectivity index (χ3v) is 16.5. The molecule has 1 saturated carbocycles. The lowest BCUT2D eigenvalue weighted by atomic mass is 9.79. The first kappa shape index (κ1) is 43.2. The molecule has 2 aliphatic rings. The lowest BCUT2D eigenvalue weighted by molar-refractivity contribution is -0.175. The van der Waals surface area contributed by atoms with Gasteiger partial charge in [-0.1, -0.05) is 89.2 Å². The molecule has 2 aromatic heterocycles. The van der Waals surface area contributed by atoms with E-state index in [1.165, 1.54) is 10.9 Å². The summed E-state index contributed by atoms with van der Waals surface area (Å²) in [6.07, 6.45) is -1.11. The Labute approximate surface area is 352 Å². The van der Waals surface area contributed by atoms with Crippen LogP contribution in [-0.4, -0.2) is 90.2 Å². The maximum absolute atomic E-state index is 17.8. The number of imidazole rings is 1. The predicted molar refractivity (Wildman–Crippen MR) is 231 cm³/mol. The van der Waals surface area contributed by atoms with E-state index in [-0.39, 0.29) is 41.1 Å². The molecule has 1 amide bonds. The van der Waals surface area contributed by atoms with Crippen LogP contribution in [0.5, 0.6) is 11.5 Å². The number of carbonyl (C=O) groups excluding carboxylic acids is 1. The number of halogens is 1. The standard InChI is InChI=1S/C45H57FN6O7Si/c1-28(2)40(54)51-42-49-38(48-32-19-20-32)36-39(50-42)52(27-47-36)41-35(46)37(59-60(8,9)43(3,4)5)44(25-53,58-41)26-57-45(29-13-11-10-12-14-29,30-15-21-33(55-6)22-16-30)31-17-23-34(56-7)24-18-31/h10-18,21-24,27-28,32,35,37,41,53H,19-20,25-26H2,1-9H3,(H2,48,49,50,51,54)/t35-,37+,41-,44+/m1/s1. The number of aromatic nitrogens is 4. The molecule has 60 heavy (non-hydrogen) atoms. The van der Waals surface area contributed by atoms with Crippen LogP contribution in [0.4, 0.5) is 16.2 Å². The van der Waals surface area contributed by atoms with Crippen molar-refractivity contribution in [1.29, 1.82) is 0 Å². The van der Waals surface area contributed by atoms with Gasteiger partial charge >= 0.3 is 0 Å². The molecule has 0 bridgehead atoms. The molecule has 320 valence electrons. The summed E-state index contributed by atoms with van der Waals surface area (Å²) in [6, 6.07) is 25.1. The van der Waals surface area contributed by atoms with E-state index in [0.29, 0.717) is 22.8 Å². The van der Waals surface area contributed by atoms with Gasteiger partial charge in [-0.2, -0.15) is 9.97 Å². The number of hydrogen-bond acceptors (Lipinski definition) is 11. The zero-order valence-corrected chi connectivity index (χ0v) is 36.9. The second kappa shape index (κ2) is 16.8. The van der Waals surface area contributed by atoms with E-state index in [9.17, 15) is 9.90 Å². The molecule has 7 rings (SSSR count). The van der Waals surface area contributed by atoms with Gasteiger partial charge in [0.25, 0.3) is 0 Å². The Balaban J connectivity index is 1.37. The maximum atomic E-state index is 17.8. The van der Waals surface area contributed by atoms with E-state index >= 15 is 4.39 Å². The van der Waals surface area contributed by atoms with Crippen molar-refractivity contribution >= 4 is 37.2 Å². The van der Waals surface area contributed by atoms with Crippen molar-refractivity contribution in [2.75, 3.05) is 38.1 Å². The minimum Gasteiger partial charge on any atom is -0.497 e. The number of carbonyl (C=O) groups is 1. The molecular weight excluding hydrogens is 784 g/mol. The summed E-state index contributed by atoms with van der Waals surface area (Å²) in [4.78, 5) is 26.8. The fraction of sp³-hybridized carbons (Fsp3) is 0.467. The van der Waals surface area contributed by atoms with Crippen LogP contribution in [0.3, 0.4) is 0 Å². The summed E-state index contributed by atoms with van der Waals surface area (Å²) >= 11 is 0. The van der Waals surface area contributed by atoms with E-state index in [1.54, 1.807) is 28.1 Å². The van der Waals surface area contributed by atoms with Gasteiger partial charge in [0.1, 0.15) is 28.8 Å². The van der Waals surface area contributed by atoms with Crippen molar-refractivity contribution in [3.63, 3.8) is 0 Å². The van der Waals surface area contributed by atoms with Crippen molar-refractivity contribution in [2.24, 2.45) is 5.92 Å². The van der Waals surface area contributed by atoms with E-state index in [2.05, 4.69) is 41.4 Å². The number of rotatable bonds is 16. The maximum Gasteiger partial charge on any atom is 0.233 e. The highest BCUT2D eigenvalue weighted by Gasteiger charge is 2.61. The lowest BCUT2D eigenvalue weighted by Crippen LogP contribution is -2.57. The normalized spacial score (nSPS) is 21.0. The fourth-order valence-corrected chi connectivity index (χ4v) is 8.55. The number of ether oxygens (including phenoxy) is 4. The van der Waals surface area contributed by atoms with Gasteiger partial charge in [-0.05, 0) is 71.9 Å². The Morgan fingerprint density at radius 2 is 1.53 bits per heavy atom. The number of benzene rings is 3. The zero-order chi connectivity index (χ0) is 43.0. The molecule has 1 aliphatic carbocycles. The van der Waals surface area contributed by atoms with Gasteiger partial charge in [-0.25, -0.2) is 9.37 Å². The molecule has 0 spiro atoms. The lowest BCUT2D eigenvalue weighted by Gasteiger charge is -2.44. The van der Waals surface area contributed by atoms with Crippen LogP contribution in [-0.2, 0) is 24.3 Å². The van der Waals surface area contributed by atoms with Crippen molar-refractivity contribution in [2.45, 2.75) is 101 Å². The van der Waals surface area contributed by atoms with E-state index in [0.717, 1.165) is 29.5 Å². The Morgan fingerprint density at radius 3 is 2.05 bits per heavy atom. The number of amides is 1. The van der Waals surface area contributed by atoms with Crippen molar-refractivity contribution in [1.82, 2.24) is 19.5 Å². The first-order valence-electron chi connectivity index (χ1n) is 20.5. The summed E-state index contributed by atoms with van der Waals surface area (Å²) < 4.78 is 51.6. The first-order chi connectivity index (χ1) is 28.6. The van der Waals surface area contributed by atoms with Gasteiger partial charge in [0.2, 0.25) is 11.9 Å². The van der Waals surface area contributed by atoms with Crippen LogP contribution in [0.1, 0.15) is 70.4 Å². The molecule has 0 radical (unpaired) electrons. The van der Waals surface area contributed by atoms with Crippen molar-refractivity contribution in [3.8, 4) is 11.5 Å². The van der Waals surface area contributed by atoms with E-state index < -0.39 is 44.6 Å². The molecule has 1 aliphatic heterocycles. The predicted octanol–water partition coefficient (Wildman–Crippen LogP) is 8.01. The molecule has 13 nitrogen and oxygen atoms in total. The zero-order valence-electron chi connectivity index (χ0n) is 35.9. The molecule has 15 heteroatoms. The number of aliphatic hydroxyl groups excluding tert-OH is 1. The Hall–Kier alpha value is -4.93. The minimum absolute atomic E-state index is 0.0527. The van der Waals surface area contributed by atoms with E-state index in [4.69, 9.17) is 28.4 Å². The van der Waals surface area contributed by atoms with Crippen molar-refractivity contribution in [3.05, 3.63) is 102 Å². The Kier molecular flexibility index (Phi) is 12.1. The molecule has 2 fully saturated rings. The largest absolute Gasteiger partial charge is 0.497 e. The van der Waals surface area contributed by atoms with Crippen LogP contribution in [0.2, 0.25) is 18.1 Å². The highest BCUT2D eigenvalue weighted by atomic mass is 28.4. The van der Waals surface area contributed by atoms with Crippen LogP contribution in [0, 0.1) is 5.92 Å². The molecule has 1 saturated heterocycles. The van der Waals surface area contributed by atoms with Crippen LogP contribution in [0.25, 0.3) is 11.2 Å². The third kappa shape index (κ3) is 8.25. The number of anilines is 2. The Bertz CT molecular complexity index is 2220. The summed E-state index contributed by atoms with van der Waals surface area (Å²) in [5, 5.41) is 17.5. The monoisotopic (exact) mass is 840 g/mol. The number of methoxy groups -OCH3 is 2. The topological polar surface area (TPSA) is 151 Å². The molecule has 5 aromatic rings. The van der Waals surface area contributed by atoms with Gasteiger partial charge in [0, 0.05) is 12.0 Å². The summed E-state index contributed by atoms with van der Waals surface area (Å²) in [5.74, 6) is 1.19. The molecular formula is C45H57FN6O7Si. The minimum atomic E-state index is -2.75. The molecule has 3 N–H and O–H groups in total. The highest BCUT2D eigenvalue weighted by Crippen LogP contribution is 2.49. The van der Waals surface area contributed by atoms with Crippen LogP contribution < -0.4 is 20.1 Å². The number of fused-ring (bicyclic) bond motifs is 1. The van der Waals surface area contributed by atoms with Gasteiger partial charge in [0.05, 0.1) is 33.8 Å². The third-order valence-electron chi connectivity index (χ3n) is 12.0. The first-order valence-corrected chi connectivity index (χ1v) is 23.4. The number of nitrogens with one attached hydrogen (secondary N) is 2. The van der Waals surface area contributed by atoms with Crippen LogP contribution >= 0.6 is 0 Å². The summed E-state index contributed by atoms with van der Waals surface area (Å²) in [5.41, 5.74) is -0.122. The molecule has 3 heterocycles. The SMILES string of the molecule is COc1ccc(C(OC[C@]2(CO)O[C@@H](n3cnc4c(NC5CC5)nc(NC(=O)C(C)C)nc43)[C@H](F)[C@@H]2O[Si](C)(C)C(C)(C)C)(c2ccccc2)c2ccc(OC)cc2)cc1. The molecule has 4 atom stereocenters. The highest BCUT2D eigenvalue weighted by molar-refractivity contribution is 6.74. The fourth-order valence-electron chi connectivity index (χ4n) is 7.22. The smallest absolute Gasteiger partial charge is 0.233 e. The second-order valence-corrected chi connectivity index (χ2v) is 22.3. The quantitative estimate of drug-likeness (QED) is 0.0655. The van der Waals surface area contributed by atoms with E-state index in [1.807, 2.05) is 92.0 Å². The van der Waals surface area contributed by atoms with Gasteiger partial charge in [-0.15, -0.1) is 0 Å². The number of aliphatic hydroxyl groups is 1. The van der Waals surface area contributed by atoms with Crippen LogP contribution in [0.15, 0.2) is 85.2 Å². The summed E-state index contributed by atoms with van der Waals surface area (Å²) in [6.45, 7) is 12.9. The van der Waals surface area contributed by atoms with Crippen molar-refractivity contribution < 1.29 is 37.7 Å².